The minimum Gasteiger partial charge on any atom is -0.369 e. The van der Waals surface area contributed by atoms with E-state index in [9.17, 15) is 13.2 Å². The number of sulfonamides is 1. The van der Waals surface area contributed by atoms with E-state index in [4.69, 9.17) is 5.14 Å². The molecule has 0 saturated carbocycles. The van der Waals surface area contributed by atoms with E-state index in [1.54, 1.807) is 12.4 Å². The molecule has 3 rings (SSSR count). The Hall–Kier alpha value is -1.55. The zero-order valence-electron chi connectivity index (χ0n) is 18.1. The summed E-state index contributed by atoms with van der Waals surface area (Å²) in [5, 5.41) is 9.14. The number of nitrogens with one attached hydrogen (secondary N) is 1. The van der Waals surface area contributed by atoms with Crippen LogP contribution in [0.2, 0.25) is 0 Å². The van der Waals surface area contributed by atoms with Crippen molar-refractivity contribution in [3.05, 3.63) is 24.5 Å². The van der Waals surface area contributed by atoms with E-state index in [0.717, 1.165) is 44.7 Å². The molecule has 3 N–H and O–H groups in total. The van der Waals surface area contributed by atoms with Gasteiger partial charge in [-0.1, -0.05) is 6.92 Å². The molecule has 30 heavy (non-hydrogen) atoms. The lowest BCUT2D eigenvalue weighted by atomic mass is 9.79. The normalized spacial score (nSPS) is 22.4. The number of ketones is 1. The largest absolute Gasteiger partial charge is 0.369 e. The second-order valence-electron chi connectivity index (χ2n) is 8.54. The molecule has 0 aliphatic carbocycles. The van der Waals surface area contributed by atoms with E-state index < -0.39 is 20.8 Å². The van der Waals surface area contributed by atoms with Crippen LogP contribution in [0.1, 0.15) is 39.5 Å². The van der Waals surface area contributed by atoms with Crippen LogP contribution in [0.5, 0.6) is 0 Å². The number of piperidine rings is 1. The first kappa shape index (κ1) is 23.1. The third-order valence-electron chi connectivity index (χ3n) is 6.86. The zero-order chi connectivity index (χ0) is 21.8. The summed E-state index contributed by atoms with van der Waals surface area (Å²) in [6, 6.07) is 3.54. The molecule has 2 atom stereocenters. The summed E-state index contributed by atoms with van der Waals surface area (Å²) in [6.07, 6.45) is 6.17. The molecule has 8 nitrogen and oxygen atoms in total. The first-order chi connectivity index (χ1) is 14.3. The highest BCUT2D eigenvalue weighted by molar-refractivity contribution is 7.91. The second-order valence-corrected chi connectivity index (χ2v) is 10.4. The van der Waals surface area contributed by atoms with Gasteiger partial charge < -0.3 is 10.2 Å². The minimum absolute atomic E-state index is 0.181. The molecular formula is C21H35N5O3S. The Kier molecular flexibility index (Phi) is 7.49. The molecule has 168 valence electrons. The molecule has 0 amide bonds. The van der Waals surface area contributed by atoms with Crippen LogP contribution in [0.25, 0.3) is 0 Å². The molecule has 0 spiro atoms. The average Bonchev–Trinajstić information content (AvgIpc) is 2.74. The van der Waals surface area contributed by atoms with E-state index >= 15 is 0 Å². The number of carbonyl (C=O) groups is 1. The number of anilines is 1. The van der Waals surface area contributed by atoms with E-state index in [1.165, 1.54) is 6.92 Å². The lowest BCUT2D eigenvalue weighted by Crippen LogP contribution is -2.66. The molecule has 1 aromatic rings. The van der Waals surface area contributed by atoms with Gasteiger partial charge >= 0.3 is 0 Å². The van der Waals surface area contributed by atoms with E-state index in [2.05, 4.69) is 20.1 Å². The molecule has 2 fully saturated rings. The van der Waals surface area contributed by atoms with Crippen LogP contribution >= 0.6 is 0 Å². The summed E-state index contributed by atoms with van der Waals surface area (Å²) >= 11 is 0. The van der Waals surface area contributed by atoms with Crippen LogP contribution in [0, 0.1) is 5.92 Å². The molecule has 0 radical (unpaired) electrons. The SMILES string of the molecule is CCC(N1CCN(c2ccncc2)CC1)C(CC1CCNCC1)(C(C)=O)S(N)(=O)=O. The Morgan fingerprint density at radius 1 is 1.23 bits per heavy atom. The van der Waals surface area contributed by atoms with Gasteiger partial charge in [-0.3, -0.25) is 14.7 Å². The molecule has 2 saturated heterocycles. The molecule has 2 aliphatic rings. The molecule has 0 aromatic carbocycles. The Morgan fingerprint density at radius 2 is 1.83 bits per heavy atom. The lowest BCUT2D eigenvalue weighted by molar-refractivity contribution is -0.122. The predicted molar refractivity (Wildman–Crippen MR) is 119 cm³/mol. The smallest absolute Gasteiger partial charge is 0.223 e. The maximum absolute atomic E-state index is 13.0. The van der Waals surface area contributed by atoms with Crippen molar-refractivity contribution in [2.45, 2.75) is 50.3 Å². The molecule has 1 aromatic heterocycles. The summed E-state index contributed by atoms with van der Waals surface area (Å²) in [5.74, 6) is -0.146. The Bertz CT molecular complexity index is 805. The van der Waals surface area contributed by atoms with Crippen LogP contribution in [-0.2, 0) is 14.8 Å². The van der Waals surface area contributed by atoms with Crippen molar-refractivity contribution in [2.75, 3.05) is 44.2 Å². The number of rotatable bonds is 8. The number of hydrogen-bond acceptors (Lipinski definition) is 7. The van der Waals surface area contributed by atoms with Gasteiger partial charge in [-0.05, 0) is 63.7 Å². The number of hydrogen-bond donors (Lipinski definition) is 2. The molecule has 9 heteroatoms. The Morgan fingerprint density at radius 3 is 2.33 bits per heavy atom. The number of Topliss-reactive ketones (excluding diaryl/α,β-unsaturated/α-hetero) is 1. The Labute approximate surface area is 180 Å². The number of primary sulfonamides is 1. The van der Waals surface area contributed by atoms with Gasteiger partial charge in [0, 0.05) is 50.3 Å². The van der Waals surface area contributed by atoms with Gasteiger partial charge in [0.2, 0.25) is 10.0 Å². The van der Waals surface area contributed by atoms with Gasteiger partial charge in [0.05, 0.1) is 0 Å². The van der Waals surface area contributed by atoms with Crippen LogP contribution in [0.4, 0.5) is 5.69 Å². The fourth-order valence-electron chi connectivity index (χ4n) is 5.26. The van der Waals surface area contributed by atoms with Crippen molar-refractivity contribution in [3.63, 3.8) is 0 Å². The quantitative estimate of drug-likeness (QED) is 0.624. The van der Waals surface area contributed by atoms with Crippen LogP contribution in [-0.4, -0.2) is 74.1 Å². The summed E-state index contributed by atoms with van der Waals surface area (Å²) < 4.78 is 24.4. The number of piperazine rings is 1. The van der Waals surface area contributed by atoms with E-state index in [-0.39, 0.29) is 11.7 Å². The maximum Gasteiger partial charge on any atom is 0.223 e. The standard InChI is InChI=1S/C21H35N5O3S/c1-3-20(26-14-12-25(13-15-26)19-6-10-24-11-7-19)21(17(2)27,30(22,28)29)16-18-4-8-23-9-5-18/h6-7,10-11,18,20,23H,3-5,8-9,12-16H2,1-2H3,(H2,22,28,29). The van der Waals surface area contributed by atoms with E-state index in [0.29, 0.717) is 25.9 Å². The second kappa shape index (κ2) is 9.72. The number of nitrogens with zero attached hydrogens (tertiary/aromatic N) is 3. The molecular weight excluding hydrogens is 402 g/mol. The van der Waals surface area contributed by atoms with Gasteiger partial charge in [0.15, 0.2) is 10.5 Å². The molecule has 2 aliphatic heterocycles. The van der Waals surface area contributed by atoms with Gasteiger partial charge in [-0.2, -0.15) is 0 Å². The Balaban J connectivity index is 1.84. The third kappa shape index (κ3) is 4.69. The summed E-state index contributed by atoms with van der Waals surface area (Å²) in [4.78, 5) is 21.5. The van der Waals surface area contributed by atoms with Gasteiger partial charge in [0.1, 0.15) is 0 Å². The lowest BCUT2D eigenvalue weighted by Gasteiger charge is -2.47. The van der Waals surface area contributed by atoms with Crippen molar-refractivity contribution >= 4 is 21.5 Å². The molecule has 3 heterocycles. The number of pyridine rings is 1. The summed E-state index contributed by atoms with van der Waals surface area (Å²) in [5.41, 5.74) is 1.11. The topological polar surface area (TPSA) is 109 Å². The number of nitrogens with two attached hydrogens (primary N) is 1. The van der Waals surface area contributed by atoms with Crippen LogP contribution in [0.15, 0.2) is 24.5 Å². The average molecular weight is 438 g/mol. The fraction of sp³-hybridized carbons (Fsp3) is 0.714. The zero-order valence-corrected chi connectivity index (χ0v) is 18.9. The van der Waals surface area contributed by atoms with Gasteiger partial charge in [0.25, 0.3) is 0 Å². The highest BCUT2D eigenvalue weighted by Crippen LogP contribution is 2.37. The monoisotopic (exact) mass is 437 g/mol. The number of carbonyl (C=O) groups excluding carboxylic acids is 1. The van der Waals surface area contributed by atoms with E-state index in [1.807, 2.05) is 19.1 Å². The highest BCUT2D eigenvalue weighted by atomic mass is 32.2. The first-order valence-corrected chi connectivity index (χ1v) is 12.5. The third-order valence-corrected chi connectivity index (χ3v) is 8.60. The van der Waals surface area contributed by atoms with Crippen molar-refractivity contribution in [3.8, 4) is 0 Å². The summed E-state index contributed by atoms with van der Waals surface area (Å²) in [6.45, 7) is 8.00. The van der Waals surface area contributed by atoms with Crippen molar-refractivity contribution < 1.29 is 13.2 Å². The first-order valence-electron chi connectivity index (χ1n) is 10.9. The molecule has 0 bridgehead atoms. The van der Waals surface area contributed by atoms with Gasteiger partial charge in [-0.15, -0.1) is 0 Å². The van der Waals surface area contributed by atoms with Gasteiger partial charge in [-0.25, -0.2) is 13.6 Å². The van der Waals surface area contributed by atoms with Crippen molar-refractivity contribution in [1.82, 2.24) is 15.2 Å². The van der Waals surface area contributed by atoms with Crippen LogP contribution in [0.3, 0.4) is 0 Å². The number of aromatic nitrogens is 1. The maximum atomic E-state index is 13.0. The highest BCUT2D eigenvalue weighted by Gasteiger charge is 2.55. The van der Waals surface area contributed by atoms with Crippen molar-refractivity contribution in [1.29, 1.82) is 0 Å². The summed E-state index contributed by atoms with van der Waals surface area (Å²) in [7, 11) is -4.08. The fourth-order valence-corrected chi connectivity index (χ4v) is 6.83. The van der Waals surface area contributed by atoms with Crippen LogP contribution < -0.4 is 15.4 Å². The van der Waals surface area contributed by atoms with Crippen molar-refractivity contribution in [2.24, 2.45) is 11.1 Å². The predicted octanol–water partition coefficient (Wildman–Crippen LogP) is 0.988. The molecule has 2 unspecified atom stereocenters. The minimum atomic E-state index is -4.08.